The number of nitrogens with zero attached hydrogens (tertiary/aromatic N) is 3. The number of aromatic nitrogens is 1. The third-order valence-electron chi connectivity index (χ3n) is 4.88. The second kappa shape index (κ2) is 8.61. The monoisotopic (exact) mass is 385 g/mol. The number of aliphatic imine (C=N–C) groups is 1. The van der Waals surface area contributed by atoms with Crippen molar-refractivity contribution in [2.75, 3.05) is 32.1 Å². The van der Waals surface area contributed by atoms with Gasteiger partial charge in [-0.3, -0.25) is 0 Å². The Morgan fingerprint density at radius 3 is 2.63 bits per heavy atom. The molecule has 2 N–H and O–H groups in total. The molecule has 0 amide bonds. The van der Waals surface area contributed by atoms with E-state index < -0.39 is 0 Å². The molecule has 0 spiro atoms. The zero-order valence-electron chi connectivity index (χ0n) is 16.3. The zero-order chi connectivity index (χ0) is 19.3. The maximum atomic E-state index is 6.18. The first-order chi connectivity index (χ1) is 13.0. The Kier molecular flexibility index (Phi) is 6.22. The molecular formula is C21H28ClN5. The lowest BCUT2D eigenvalue weighted by Crippen LogP contribution is -2.41. The molecule has 1 saturated carbocycles. The van der Waals surface area contributed by atoms with E-state index in [0.29, 0.717) is 6.54 Å². The van der Waals surface area contributed by atoms with E-state index in [9.17, 15) is 0 Å². The van der Waals surface area contributed by atoms with E-state index in [1.165, 1.54) is 18.4 Å². The van der Waals surface area contributed by atoms with Gasteiger partial charge < -0.3 is 15.5 Å². The molecule has 0 bridgehead atoms. The summed E-state index contributed by atoms with van der Waals surface area (Å²) in [5.74, 6) is 1.77. The molecule has 2 aromatic rings. The van der Waals surface area contributed by atoms with Gasteiger partial charge in [0.25, 0.3) is 0 Å². The van der Waals surface area contributed by atoms with E-state index in [4.69, 9.17) is 16.6 Å². The lowest BCUT2D eigenvalue weighted by Gasteiger charge is -2.19. The van der Waals surface area contributed by atoms with Gasteiger partial charge in [-0.25, -0.2) is 9.98 Å². The number of guanidine groups is 1. The molecule has 1 aromatic heterocycles. The van der Waals surface area contributed by atoms with Crippen LogP contribution in [0, 0.1) is 0 Å². The van der Waals surface area contributed by atoms with Crippen LogP contribution in [-0.2, 0) is 12.0 Å². The quantitative estimate of drug-likeness (QED) is 0.565. The van der Waals surface area contributed by atoms with Gasteiger partial charge in [0, 0.05) is 37.6 Å². The summed E-state index contributed by atoms with van der Waals surface area (Å²) < 4.78 is 0. The minimum Gasteiger partial charge on any atom is -0.363 e. The molecule has 27 heavy (non-hydrogen) atoms. The lowest BCUT2D eigenvalue weighted by atomic mass is 9.96. The highest BCUT2D eigenvalue weighted by atomic mass is 35.5. The van der Waals surface area contributed by atoms with Crippen molar-refractivity contribution in [2.24, 2.45) is 4.99 Å². The molecule has 1 aliphatic rings. The summed E-state index contributed by atoms with van der Waals surface area (Å²) in [7, 11) is 3.98. The van der Waals surface area contributed by atoms with Crippen LogP contribution >= 0.6 is 11.6 Å². The minimum absolute atomic E-state index is 0.171. The molecule has 0 saturated heterocycles. The highest BCUT2D eigenvalue weighted by Gasteiger charge is 2.44. The SMILES string of the molecule is CCNC(=NCc1cccc(N(C)C)n1)NCC1(c2cccc(Cl)c2)CC1. The van der Waals surface area contributed by atoms with Crippen molar-refractivity contribution in [3.63, 3.8) is 0 Å². The van der Waals surface area contributed by atoms with Crippen LogP contribution in [0.15, 0.2) is 47.5 Å². The van der Waals surface area contributed by atoms with E-state index in [0.717, 1.165) is 35.6 Å². The third kappa shape index (κ3) is 5.13. The topological polar surface area (TPSA) is 52.6 Å². The number of nitrogens with one attached hydrogen (secondary N) is 2. The zero-order valence-corrected chi connectivity index (χ0v) is 17.1. The number of rotatable bonds is 7. The predicted octanol–water partition coefficient (Wildman–Crippen LogP) is 3.59. The second-order valence-corrected chi connectivity index (χ2v) is 7.66. The molecule has 6 heteroatoms. The van der Waals surface area contributed by atoms with Gasteiger partial charge in [0.05, 0.1) is 12.2 Å². The fourth-order valence-corrected chi connectivity index (χ4v) is 3.29. The van der Waals surface area contributed by atoms with Crippen molar-refractivity contribution in [2.45, 2.75) is 31.7 Å². The largest absolute Gasteiger partial charge is 0.363 e. The van der Waals surface area contributed by atoms with Crippen molar-refractivity contribution in [1.82, 2.24) is 15.6 Å². The maximum Gasteiger partial charge on any atom is 0.191 e. The molecule has 1 aromatic carbocycles. The van der Waals surface area contributed by atoms with Gasteiger partial charge in [-0.05, 0) is 49.6 Å². The molecule has 1 heterocycles. The van der Waals surface area contributed by atoms with E-state index in [-0.39, 0.29) is 5.41 Å². The Labute approximate surface area is 166 Å². The molecule has 0 radical (unpaired) electrons. The average Bonchev–Trinajstić information content (AvgIpc) is 3.45. The molecule has 1 aliphatic carbocycles. The summed E-state index contributed by atoms with van der Waals surface area (Å²) in [5.41, 5.74) is 2.43. The third-order valence-corrected chi connectivity index (χ3v) is 5.11. The standard InChI is InChI=1S/C21H28ClN5/c1-4-23-20(24-14-18-9-6-10-19(26-18)27(2)3)25-15-21(11-12-21)16-7-5-8-17(22)13-16/h5-10,13H,4,11-12,14-15H2,1-3H3,(H2,23,24,25). The van der Waals surface area contributed by atoms with E-state index in [1.54, 1.807) is 0 Å². The number of hydrogen-bond acceptors (Lipinski definition) is 3. The fourth-order valence-electron chi connectivity index (χ4n) is 3.10. The van der Waals surface area contributed by atoms with Gasteiger partial charge >= 0.3 is 0 Å². The maximum absolute atomic E-state index is 6.18. The van der Waals surface area contributed by atoms with Gasteiger partial charge in [0.15, 0.2) is 5.96 Å². The molecule has 5 nitrogen and oxygen atoms in total. The summed E-state index contributed by atoms with van der Waals surface area (Å²) in [4.78, 5) is 11.3. The lowest BCUT2D eigenvalue weighted by molar-refractivity contribution is 0.645. The summed E-state index contributed by atoms with van der Waals surface area (Å²) in [5, 5.41) is 7.63. The highest BCUT2D eigenvalue weighted by molar-refractivity contribution is 6.30. The smallest absolute Gasteiger partial charge is 0.191 e. The van der Waals surface area contributed by atoms with Gasteiger partial charge in [-0.15, -0.1) is 0 Å². The number of pyridine rings is 1. The van der Waals surface area contributed by atoms with E-state index in [1.807, 2.05) is 49.3 Å². The summed E-state index contributed by atoms with van der Waals surface area (Å²) in [6.45, 7) is 4.29. The first-order valence-corrected chi connectivity index (χ1v) is 9.82. The second-order valence-electron chi connectivity index (χ2n) is 7.22. The van der Waals surface area contributed by atoms with Gasteiger partial charge in [0.1, 0.15) is 5.82 Å². The minimum atomic E-state index is 0.171. The van der Waals surface area contributed by atoms with Crippen LogP contribution < -0.4 is 15.5 Å². The Hall–Kier alpha value is -2.27. The van der Waals surface area contributed by atoms with Crippen LogP contribution in [0.4, 0.5) is 5.82 Å². The Morgan fingerprint density at radius 1 is 1.19 bits per heavy atom. The molecule has 0 aliphatic heterocycles. The van der Waals surface area contributed by atoms with Crippen LogP contribution in [0.2, 0.25) is 5.02 Å². The van der Waals surface area contributed by atoms with Crippen LogP contribution in [0.3, 0.4) is 0 Å². The number of hydrogen-bond donors (Lipinski definition) is 2. The van der Waals surface area contributed by atoms with Gasteiger partial charge in [0.2, 0.25) is 0 Å². The molecule has 0 unspecified atom stereocenters. The molecular weight excluding hydrogens is 358 g/mol. The van der Waals surface area contributed by atoms with Crippen LogP contribution in [0.25, 0.3) is 0 Å². The highest BCUT2D eigenvalue weighted by Crippen LogP contribution is 2.48. The Morgan fingerprint density at radius 2 is 1.96 bits per heavy atom. The first-order valence-electron chi connectivity index (χ1n) is 9.44. The number of benzene rings is 1. The van der Waals surface area contributed by atoms with E-state index in [2.05, 4.69) is 34.7 Å². The van der Waals surface area contributed by atoms with Crippen molar-refractivity contribution < 1.29 is 0 Å². The summed E-state index contributed by atoms with van der Waals surface area (Å²) >= 11 is 6.18. The molecule has 0 atom stereocenters. The summed E-state index contributed by atoms with van der Waals surface area (Å²) in [6, 6.07) is 14.2. The summed E-state index contributed by atoms with van der Waals surface area (Å²) in [6.07, 6.45) is 2.35. The molecule has 144 valence electrons. The van der Waals surface area contributed by atoms with Crippen molar-refractivity contribution >= 4 is 23.4 Å². The van der Waals surface area contributed by atoms with Gasteiger partial charge in [-0.2, -0.15) is 0 Å². The van der Waals surface area contributed by atoms with Crippen molar-refractivity contribution in [3.05, 3.63) is 58.7 Å². The molecule has 1 fully saturated rings. The van der Waals surface area contributed by atoms with Crippen LogP contribution in [0.5, 0.6) is 0 Å². The van der Waals surface area contributed by atoms with Gasteiger partial charge in [-0.1, -0.05) is 29.8 Å². The Balaban J connectivity index is 1.65. The first kappa shape index (κ1) is 19.5. The predicted molar refractivity (Wildman–Crippen MR) is 114 cm³/mol. The average molecular weight is 386 g/mol. The molecule has 3 rings (SSSR count). The Bertz CT molecular complexity index is 799. The van der Waals surface area contributed by atoms with E-state index >= 15 is 0 Å². The van der Waals surface area contributed by atoms with Crippen LogP contribution in [0.1, 0.15) is 31.0 Å². The number of anilines is 1. The van der Waals surface area contributed by atoms with Crippen LogP contribution in [-0.4, -0.2) is 38.1 Å². The van der Waals surface area contributed by atoms with Crippen molar-refractivity contribution in [3.8, 4) is 0 Å². The fraction of sp³-hybridized carbons (Fsp3) is 0.429. The van der Waals surface area contributed by atoms with Crippen molar-refractivity contribution in [1.29, 1.82) is 0 Å². The number of halogens is 1. The normalized spacial score (nSPS) is 15.3.